The number of thiophene rings is 1. The van der Waals surface area contributed by atoms with Gasteiger partial charge in [0.2, 0.25) is 0 Å². The van der Waals surface area contributed by atoms with E-state index in [0.717, 1.165) is 20.9 Å². The van der Waals surface area contributed by atoms with E-state index in [9.17, 15) is 9.59 Å². The molecule has 0 amide bonds. The molecule has 2 heterocycles. The van der Waals surface area contributed by atoms with Crippen LogP contribution >= 0.6 is 34.5 Å². The summed E-state index contributed by atoms with van der Waals surface area (Å²) in [4.78, 5) is 25.9. The van der Waals surface area contributed by atoms with E-state index in [2.05, 4.69) is 13.8 Å². The van der Waals surface area contributed by atoms with Crippen molar-refractivity contribution in [1.29, 1.82) is 0 Å². The molecule has 0 saturated carbocycles. The van der Waals surface area contributed by atoms with Crippen molar-refractivity contribution in [1.82, 2.24) is 0 Å². The molecule has 6 heteroatoms. The SMILES string of the molecule is CC(C)c1cc2sc(C=C3C(=O)c4cc(Cl)c(Cl)cc4C3=O)cc2o1. The number of furan rings is 1. The van der Waals surface area contributed by atoms with Crippen molar-refractivity contribution >= 4 is 62.5 Å². The zero-order valence-corrected chi connectivity index (χ0v) is 15.7. The number of allylic oxidation sites excluding steroid dienone is 1. The Kier molecular flexibility index (Phi) is 3.87. The van der Waals surface area contributed by atoms with Crippen LogP contribution in [0.25, 0.3) is 16.4 Å². The molecule has 1 aliphatic carbocycles. The number of halogens is 2. The molecule has 0 atom stereocenters. The molecule has 0 fully saturated rings. The first-order valence-electron chi connectivity index (χ1n) is 7.68. The Morgan fingerprint density at radius 1 is 1.00 bits per heavy atom. The normalized spacial score (nSPS) is 14.0. The van der Waals surface area contributed by atoms with Crippen LogP contribution in [-0.2, 0) is 0 Å². The third-order valence-electron chi connectivity index (χ3n) is 4.14. The van der Waals surface area contributed by atoms with Crippen molar-refractivity contribution in [2.75, 3.05) is 0 Å². The Morgan fingerprint density at radius 3 is 2.12 bits per heavy atom. The number of Topliss-reactive ketones (excluding diaryl/α,β-unsaturated/α-hetero) is 2. The molecule has 1 aromatic carbocycles. The average Bonchev–Trinajstić information content (AvgIpc) is 3.17. The Morgan fingerprint density at radius 2 is 1.60 bits per heavy atom. The molecule has 0 N–H and O–H groups in total. The van der Waals surface area contributed by atoms with Crippen molar-refractivity contribution in [2.45, 2.75) is 19.8 Å². The minimum Gasteiger partial charge on any atom is -0.460 e. The van der Waals surface area contributed by atoms with Gasteiger partial charge in [0.25, 0.3) is 0 Å². The fourth-order valence-electron chi connectivity index (χ4n) is 2.82. The molecule has 4 rings (SSSR count). The van der Waals surface area contributed by atoms with Crippen molar-refractivity contribution in [3.63, 3.8) is 0 Å². The molecule has 1 aliphatic rings. The van der Waals surface area contributed by atoms with Crippen LogP contribution in [0.1, 0.15) is 51.1 Å². The molecular weight excluding hydrogens is 379 g/mol. The van der Waals surface area contributed by atoms with E-state index in [0.29, 0.717) is 17.0 Å². The average molecular weight is 391 g/mol. The van der Waals surface area contributed by atoms with Crippen LogP contribution < -0.4 is 0 Å². The van der Waals surface area contributed by atoms with Gasteiger partial charge in [0.1, 0.15) is 11.3 Å². The van der Waals surface area contributed by atoms with E-state index in [1.165, 1.54) is 23.5 Å². The van der Waals surface area contributed by atoms with E-state index in [4.69, 9.17) is 27.6 Å². The molecule has 0 saturated heterocycles. The lowest BCUT2D eigenvalue weighted by Crippen LogP contribution is -1.99. The number of ketones is 2. The molecule has 0 aliphatic heterocycles. The fraction of sp³-hybridized carbons (Fsp3) is 0.158. The van der Waals surface area contributed by atoms with E-state index in [1.807, 2.05) is 12.1 Å². The molecule has 0 unspecified atom stereocenters. The minimum atomic E-state index is -0.327. The second-order valence-corrected chi connectivity index (χ2v) is 8.14. The zero-order valence-electron chi connectivity index (χ0n) is 13.4. The first-order chi connectivity index (χ1) is 11.8. The summed E-state index contributed by atoms with van der Waals surface area (Å²) in [6.45, 7) is 4.13. The van der Waals surface area contributed by atoms with Crippen LogP contribution in [0, 0.1) is 0 Å². The maximum Gasteiger partial charge on any atom is 0.197 e. The molecule has 25 heavy (non-hydrogen) atoms. The Labute approximate surface area is 157 Å². The van der Waals surface area contributed by atoms with Gasteiger partial charge in [-0.3, -0.25) is 9.59 Å². The zero-order chi connectivity index (χ0) is 17.9. The number of carbonyl (C=O) groups excluding carboxylic acids is 2. The first-order valence-corrected chi connectivity index (χ1v) is 9.26. The number of rotatable bonds is 2. The van der Waals surface area contributed by atoms with Gasteiger partial charge in [-0.05, 0) is 30.3 Å². The molecule has 126 valence electrons. The number of hydrogen-bond acceptors (Lipinski definition) is 4. The van der Waals surface area contributed by atoms with Crippen molar-refractivity contribution in [2.24, 2.45) is 0 Å². The van der Waals surface area contributed by atoms with Crippen LogP contribution in [0.3, 0.4) is 0 Å². The highest BCUT2D eigenvalue weighted by molar-refractivity contribution is 7.19. The maximum atomic E-state index is 12.6. The Hall–Kier alpha value is -1.88. The van der Waals surface area contributed by atoms with Crippen LogP contribution in [0.2, 0.25) is 10.0 Å². The van der Waals surface area contributed by atoms with Crippen LogP contribution in [-0.4, -0.2) is 11.6 Å². The summed E-state index contributed by atoms with van der Waals surface area (Å²) in [5.74, 6) is 0.575. The van der Waals surface area contributed by atoms with Gasteiger partial charge in [-0.25, -0.2) is 0 Å². The van der Waals surface area contributed by atoms with E-state index >= 15 is 0 Å². The van der Waals surface area contributed by atoms with Crippen LogP contribution in [0.4, 0.5) is 0 Å². The number of benzene rings is 1. The molecule has 0 bridgehead atoms. The highest BCUT2D eigenvalue weighted by atomic mass is 35.5. The van der Waals surface area contributed by atoms with Crippen molar-refractivity contribution in [3.8, 4) is 0 Å². The third-order valence-corrected chi connectivity index (χ3v) is 5.87. The monoisotopic (exact) mass is 390 g/mol. The molecule has 3 aromatic rings. The van der Waals surface area contributed by atoms with E-state index < -0.39 is 0 Å². The van der Waals surface area contributed by atoms with E-state index in [-0.39, 0.29) is 27.2 Å². The molecular formula is C19H12Cl2O3S. The summed E-state index contributed by atoms with van der Waals surface area (Å²) in [5, 5.41) is 0.523. The summed E-state index contributed by atoms with van der Waals surface area (Å²) in [5.41, 5.74) is 1.49. The lowest BCUT2D eigenvalue weighted by Gasteiger charge is -1.98. The highest BCUT2D eigenvalue weighted by Gasteiger charge is 2.34. The fourth-order valence-corrected chi connectivity index (χ4v) is 4.12. The quantitative estimate of drug-likeness (QED) is 0.376. The minimum absolute atomic E-state index is 0.126. The maximum absolute atomic E-state index is 12.6. The summed E-state index contributed by atoms with van der Waals surface area (Å²) in [7, 11) is 0. The number of carbonyl (C=O) groups is 2. The van der Waals surface area contributed by atoms with Gasteiger partial charge in [-0.1, -0.05) is 37.0 Å². The molecule has 0 spiro atoms. The summed E-state index contributed by atoms with van der Waals surface area (Å²) < 4.78 is 6.80. The van der Waals surface area contributed by atoms with E-state index in [1.54, 1.807) is 6.08 Å². The third kappa shape index (κ3) is 2.65. The van der Waals surface area contributed by atoms with Gasteiger partial charge in [-0.15, -0.1) is 11.3 Å². The molecule has 3 nitrogen and oxygen atoms in total. The summed E-state index contributed by atoms with van der Waals surface area (Å²) in [6.07, 6.45) is 1.61. The van der Waals surface area contributed by atoms with Crippen LogP contribution in [0.15, 0.2) is 34.3 Å². The predicted molar refractivity (Wildman–Crippen MR) is 101 cm³/mol. The van der Waals surface area contributed by atoms with Gasteiger partial charge in [0.05, 0.1) is 20.3 Å². The number of fused-ring (bicyclic) bond motifs is 2. The lowest BCUT2D eigenvalue weighted by molar-refractivity contribution is 0.0990. The van der Waals surface area contributed by atoms with Crippen molar-refractivity contribution in [3.05, 3.63) is 61.6 Å². The lowest BCUT2D eigenvalue weighted by atomic mass is 10.1. The largest absolute Gasteiger partial charge is 0.460 e. The summed E-state index contributed by atoms with van der Waals surface area (Å²) >= 11 is 13.4. The van der Waals surface area contributed by atoms with Gasteiger partial charge in [0.15, 0.2) is 11.6 Å². The summed E-state index contributed by atoms with van der Waals surface area (Å²) in [6, 6.07) is 6.76. The Balaban J connectivity index is 1.76. The molecule has 2 aromatic heterocycles. The number of hydrogen-bond donors (Lipinski definition) is 0. The van der Waals surface area contributed by atoms with Crippen molar-refractivity contribution < 1.29 is 14.0 Å². The Bertz CT molecular complexity index is 1010. The van der Waals surface area contributed by atoms with Gasteiger partial charge in [-0.2, -0.15) is 0 Å². The second-order valence-electron chi connectivity index (χ2n) is 6.21. The van der Waals surface area contributed by atoms with Gasteiger partial charge < -0.3 is 4.42 Å². The standard InChI is InChI=1S/C19H12Cl2O3S/c1-8(2)15-7-17-16(24-15)4-9(25-17)3-12-18(22)10-5-13(20)14(21)6-11(10)19(12)23/h3-8H,1-2H3. The van der Waals surface area contributed by atoms with Gasteiger partial charge >= 0.3 is 0 Å². The smallest absolute Gasteiger partial charge is 0.197 e. The predicted octanol–water partition coefficient (Wildman–Crippen LogP) is 6.39. The second kappa shape index (κ2) is 5.84. The van der Waals surface area contributed by atoms with Gasteiger partial charge in [0, 0.05) is 21.9 Å². The van der Waals surface area contributed by atoms with Crippen LogP contribution in [0.5, 0.6) is 0 Å². The first kappa shape index (κ1) is 16.6. The molecule has 0 radical (unpaired) electrons. The topological polar surface area (TPSA) is 47.3 Å². The highest BCUT2D eigenvalue weighted by Crippen LogP contribution is 2.37.